The van der Waals surface area contributed by atoms with Crippen molar-refractivity contribution in [3.8, 4) is 0 Å². The highest BCUT2D eigenvalue weighted by Gasteiger charge is 2.19. The average molecular weight is 342 g/mol. The molecule has 5 nitrogen and oxygen atoms in total. The fraction of sp³-hybridized carbons (Fsp3) is 0.389. The van der Waals surface area contributed by atoms with E-state index >= 15 is 0 Å². The van der Waals surface area contributed by atoms with Crippen molar-refractivity contribution in [2.45, 2.75) is 45.8 Å². The van der Waals surface area contributed by atoms with Gasteiger partial charge in [-0.05, 0) is 47.9 Å². The van der Waals surface area contributed by atoms with Gasteiger partial charge in [0, 0.05) is 19.0 Å². The average Bonchev–Trinajstić information content (AvgIpc) is 3.26. The minimum atomic E-state index is 0.162. The molecule has 0 saturated heterocycles. The van der Waals surface area contributed by atoms with Gasteiger partial charge < -0.3 is 4.90 Å². The van der Waals surface area contributed by atoms with Gasteiger partial charge in [0.05, 0.1) is 12.1 Å². The van der Waals surface area contributed by atoms with Gasteiger partial charge in [-0.1, -0.05) is 24.3 Å². The van der Waals surface area contributed by atoms with E-state index in [9.17, 15) is 4.79 Å². The second-order valence-electron chi connectivity index (χ2n) is 5.96. The Hall–Kier alpha value is -2.21. The summed E-state index contributed by atoms with van der Waals surface area (Å²) in [6.07, 6.45) is 1.38. The summed E-state index contributed by atoms with van der Waals surface area (Å²) in [5.74, 6) is 0.162. The number of nitrogens with zero attached hydrogens (tertiary/aromatic N) is 4. The zero-order valence-corrected chi connectivity index (χ0v) is 14.9. The van der Waals surface area contributed by atoms with Crippen molar-refractivity contribution in [1.82, 2.24) is 19.9 Å². The molecule has 0 aliphatic rings. The number of rotatable bonds is 7. The summed E-state index contributed by atoms with van der Waals surface area (Å²) in [6, 6.07) is 10.1. The van der Waals surface area contributed by atoms with Crippen LogP contribution in [0.3, 0.4) is 0 Å². The summed E-state index contributed by atoms with van der Waals surface area (Å²) in [6.45, 7) is 5.45. The van der Waals surface area contributed by atoms with Crippen LogP contribution in [0.5, 0.6) is 0 Å². The standard InChI is InChI=1S/C18H22N4OS/c1-3-14(2)21(12-15-9-11-24-13-15)18(23)8-10-22-17-7-5-4-6-16(17)19-20-22/h4-7,9,11,13-14H,3,8,10,12H2,1-2H3. The Morgan fingerprint density at radius 1 is 1.33 bits per heavy atom. The summed E-state index contributed by atoms with van der Waals surface area (Å²) in [4.78, 5) is 14.7. The van der Waals surface area contributed by atoms with Crippen LogP contribution in [0.4, 0.5) is 0 Å². The van der Waals surface area contributed by atoms with E-state index in [4.69, 9.17) is 0 Å². The number of amides is 1. The van der Waals surface area contributed by atoms with Crippen molar-refractivity contribution >= 4 is 28.3 Å². The zero-order chi connectivity index (χ0) is 16.9. The quantitative estimate of drug-likeness (QED) is 0.658. The molecule has 0 N–H and O–H groups in total. The Labute approximate surface area is 145 Å². The molecule has 0 bridgehead atoms. The molecule has 0 radical (unpaired) electrons. The molecule has 24 heavy (non-hydrogen) atoms. The predicted octanol–water partition coefficient (Wildman–Crippen LogP) is 3.71. The molecule has 0 fully saturated rings. The van der Waals surface area contributed by atoms with Crippen LogP contribution in [0.25, 0.3) is 11.0 Å². The van der Waals surface area contributed by atoms with Crippen LogP contribution in [0.2, 0.25) is 0 Å². The molecule has 3 aromatic rings. The molecule has 2 heterocycles. The van der Waals surface area contributed by atoms with Crippen molar-refractivity contribution in [2.75, 3.05) is 0 Å². The predicted molar refractivity (Wildman–Crippen MR) is 96.8 cm³/mol. The van der Waals surface area contributed by atoms with E-state index in [-0.39, 0.29) is 11.9 Å². The SMILES string of the molecule is CCC(C)N(Cc1ccsc1)C(=O)CCn1nnc2ccccc21. The number of fused-ring (bicyclic) bond motifs is 1. The van der Waals surface area contributed by atoms with E-state index in [1.165, 1.54) is 5.56 Å². The van der Waals surface area contributed by atoms with Gasteiger partial charge >= 0.3 is 0 Å². The Balaban J connectivity index is 1.68. The van der Waals surface area contributed by atoms with Crippen molar-refractivity contribution in [3.63, 3.8) is 0 Å². The van der Waals surface area contributed by atoms with Crippen LogP contribution in [0.15, 0.2) is 41.1 Å². The minimum absolute atomic E-state index is 0.162. The highest BCUT2D eigenvalue weighted by Crippen LogP contribution is 2.16. The van der Waals surface area contributed by atoms with Gasteiger partial charge in [0.2, 0.25) is 5.91 Å². The fourth-order valence-electron chi connectivity index (χ4n) is 2.72. The van der Waals surface area contributed by atoms with E-state index in [2.05, 4.69) is 41.0 Å². The summed E-state index contributed by atoms with van der Waals surface area (Å²) in [5.41, 5.74) is 3.03. The number of hydrogen-bond acceptors (Lipinski definition) is 4. The monoisotopic (exact) mass is 342 g/mol. The van der Waals surface area contributed by atoms with Crippen LogP contribution in [0.1, 0.15) is 32.3 Å². The first-order chi connectivity index (χ1) is 11.7. The first kappa shape index (κ1) is 16.6. The second kappa shape index (κ2) is 7.57. The van der Waals surface area contributed by atoms with Crippen molar-refractivity contribution in [2.24, 2.45) is 0 Å². The number of carbonyl (C=O) groups excluding carboxylic acids is 1. The van der Waals surface area contributed by atoms with Crippen LogP contribution < -0.4 is 0 Å². The minimum Gasteiger partial charge on any atom is -0.336 e. The molecule has 1 amide bonds. The molecular formula is C18H22N4OS. The Bertz CT molecular complexity index is 796. The highest BCUT2D eigenvalue weighted by molar-refractivity contribution is 7.07. The zero-order valence-electron chi connectivity index (χ0n) is 14.1. The number of benzene rings is 1. The molecule has 3 rings (SSSR count). The lowest BCUT2D eigenvalue weighted by Gasteiger charge is -2.28. The highest BCUT2D eigenvalue weighted by atomic mass is 32.1. The molecule has 6 heteroatoms. The van der Waals surface area contributed by atoms with E-state index in [1.54, 1.807) is 11.3 Å². The Morgan fingerprint density at radius 2 is 2.17 bits per heavy atom. The van der Waals surface area contributed by atoms with E-state index in [0.717, 1.165) is 17.5 Å². The summed E-state index contributed by atoms with van der Waals surface area (Å²) in [7, 11) is 0. The van der Waals surface area contributed by atoms with Gasteiger partial charge in [-0.25, -0.2) is 4.68 Å². The Kier molecular flexibility index (Phi) is 5.25. The summed E-state index contributed by atoms with van der Waals surface area (Å²) >= 11 is 1.67. The molecule has 0 aliphatic heterocycles. The van der Waals surface area contributed by atoms with Crippen LogP contribution in [-0.4, -0.2) is 31.8 Å². The number of aromatic nitrogens is 3. The van der Waals surface area contributed by atoms with Gasteiger partial charge in [0.15, 0.2) is 0 Å². The third-order valence-electron chi connectivity index (χ3n) is 4.33. The number of thiophene rings is 1. The normalized spacial score (nSPS) is 12.4. The third kappa shape index (κ3) is 3.64. The molecule has 2 aromatic heterocycles. The molecule has 1 atom stereocenters. The second-order valence-corrected chi connectivity index (χ2v) is 6.74. The van der Waals surface area contributed by atoms with E-state index < -0.39 is 0 Å². The van der Waals surface area contributed by atoms with Crippen molar-refractivity contribution in [3.05, 3.63) is 46.7 Å². The third-order valence-corrected chi connectivity index (χ3v) is 5.07. The molecule has 1 unspecified atom stereocenters. The van der Waals surface area contributed by atoms with Crippen molar-refractivity contribution in [1.29, 1.82) is 0 Å². The van der Waals surface area contributed by atoms with Gasteiger partial charge in [0.1, 0.15) is 5.52 Å². The molecule has 0 saturated carbocycles. The molecule has 0 spiro atoms. The maximum Gasteiger partial charge on any atom is 0.224 e. The lowest BCUT2D eigenvalue weighted by Crippen LogP contribution is -2.38. The van der Waals surface area contributed by atoms with Gasteiger partial charge in [-0.2, -0.15) is 11.3 Å². The largest absolute Gasteiger partial charge is 0.336 e. The molecule has 126 valence electrons. The lowest BCUT2D eigenvalue weighted by atomic mass is 10.1. The van der Waals surface area contributed by atoms with E-state index in [0.29, 0.717) is 19.5 Å². The molecule has 0 aliphatic carbocycles. The maximum atomic E-state index is 12.8. The van der Waals surface area contributed by atoms with Gasteiger partial charge in [0.25, 0.3) is 0 Å². The fourth-order valence-corrected chi connectivity index (χ4v) is 3.38. The van der Waals surface area contributed by atoms with E-state index in [1.807, 2.05) is 33.8 Å². The number of carbonyl (C=O) groups is 1. The number of aryl methyl sites for hydroxylation is 1. The van der Waals surface area contributed by atoms with Gasteiger partial charge in [-0.15, -0.1) is 5.10 Å². The smallest absolute Gasteiger partial charge is 0.224 e. The number of hydrogen-bond donors (Lipinski definition) is 0. The summed E-state index contributed by atoms with van der Waals surface area (Å²) < 4.78 is 1.81. The van der Waals surface area contributed by atoms with Crippen LogP contribution in [-0.2, 0) is 17.9 Å². The molecule has 1 aromatic carbocycles. The van der Waals surface area contributed by atoms with Crippen LogP contribution >= 0.6 is 11.3 Å². The van der Waals surface area contributed by atoms with Crippen LogP contribution in [0, 0.1) is 0 Å². The topological polar surface area (TPSA) is 51.0 Å². The summed E-state index contributed by atoms with van der Waals surface area (Å²) in [5, 5.41) is 12.5. The lowest BCUT2D eigenvalue weighted by molar-refractivity contribution is -0.134. The Morgan fingerprint density at radius 3 is 2.92 bits per heavy atom. The first-order valence-corrected chi connectivity index (χ1v) is 9.22. The molecular weight excluding hydrogens is 320 g/mol. The maximum absolute atomic E-state index is 12.8. The van der Waals surface area contributed by atoms with Gasteiger partial charge in [-0.3, -0.25) is 4.79 Å². The number of para-hydroxylation sites is 1. The first-order valence-electron chi connectivity index (χ1n) is 8.27. The van der Waals surface area contributed by atoms with Crippen molar-refractivity contribution < 1.29 is 4.79 Å².